The molecule has 0 unspecified atom stereocenters. The SMILES string of the molecule is C=CCc1cc(/C=c2\sc3n(c2=O)[C@@H](c2ccc(OCC)c(OCC)c2)C(C(=O)OC)=CN=3)cc(OC)c1OCc1ccc(Cl)cc1. The number of methoxy groups -OCH3 is 2. The first-order chi connectivity index (χ1) is 22.8. The van der Waals surface area contributed by atoms with Crippen LogP contribution in [-0.4, -0.2) is 38.0 Å². The van der Waals surface area contributed by atoms with Gasteiger partial charge in [0.1, 0.15) is 6.61 Å². The molecule has 9 nitrogen and oxygen atoms in total. The number of esters is 1. The Hall–Kier alpha value is -4.80. The zero-order chi connectivity index (χ0) is 33.5. The number of halogens is 1. The van der Waals surface area contributed by atoms with Crippen LogP contribution in [0.4, 0.5) is 0 Å². The number of hydrogen-bond donors (Lipinski definition) is 0. The summed E-state index contributed by atoms with van der Waals surface area (Å²) < 4.78 is 30.5. The molecule has 0 bridgehead atoms. The van der Waals surface area contributed by atoms with Crippen molar-refractivity contribution in [1.82, 2.24) is 4.57 Å². The van der Waals surface area contributed by atoms with Crippen LogP contribution in [-0.2, 0) is 22.6 Å². The average molecular weight is 675 g/mol. The van der Waals surface area contributed by atoms with Crippen molar-refractivity contribution in [2.75, 3.05) is 27.4 Å². The van der Waals surface area contributed by atoms with Gasteiger partial charge in [-0.1, -0.05) is 47.2 Å². The summed E-state index contributed by atoms with van der Waals surface area (Å²) >= 11 is 7.26. The highest BCUT2D eigenvalue weighted by atomic mass is 35.5. The third-order valence-corrected chi connectivity index (χ3v) is 8.59. The first-order valence-electron chi connectivity index (χ1n) is 15.0. The summed E-state index contributed by atoms with van der Waals surface area (Å²) in [6.45, 7) is 8.85. The molecule has 0 amide bonds. The van der Waals surface area contributed by atoms with Gasteiger partial charge in [0.2, 0.25) is 0 Å². The third-order valence-electron chi connectivity index (χ3n) is 7.34. The third kappa shape index (κ3) is 7.29. The van der Waals surface area contributed by atoms with Crippen LogP contribution in [0.5, 0.6) is 23.0 Å². The van der Waals surface area contributed by atoms with Crippen molar-refractivity contribution in [1.29, 1.82) is 0 Å². The maximum atomic E-state index is 14.1. The molecule has 244 valence electrons. The maximum Gasteiger partial charge on any atom is 0.337 e. The monoisotopic (exact) mass is 674 g/mol. The predicted molar refractivity (Wildman–Crippen MR) is 183 cm³/mol. The summed E-state index contributed by atoms with van der Waals surface area (Å²) in [5.41, 5.74) is 3.08. The molecule has 0 spiro atoms. The van der Waals surface area contributed by atoms with Crippen LogP contribution in [0.1, 0.15) is 42.1 Å². The molecule has 5 rings (SSSR count). The quantitative estimate of drug-likeness (QED) is 0.131. The number of carbonyl (C=O) groups is 1. The van der Waals surface area contributed by atoms with Crippen molar-refractivity contribution >= 4 is 35.0 Å². The second kappa shape index (κ2) is 15.2. The van der Waals surface area contributed by atoms with Crippen LogP contribution < -0.4 is 33.8 Å². The Bertz CT molecular complexity index is 2000. The molecule has 0 saturated carbocycles. The minimum Gasteiger partial charge on any atom is -0.493 e. The van der Waals surface area contributed by atoms with Crippen LogP contribution in [0.3, 0.4) is 0 Å². The molecule has 1 aliphatic rings. The molecule has 4 aromatic rings. The summed E-state index contributed by atoms with van der Waals surface area (Å²) in [4.78, 5) is 32.0. The Morgan fingerprint density at radius 3 is 2.43 bits per heavy atom. The van der Waals surface area contributed by atoms with Gasteiger partial charge in [-0.25, -0.2) is 9.79 Å². The van der Waals surface area contributed by atoms with Crippen molar-refractivity contribution in [2.24, 2.45) is 4.99 Å². The van der Waals surface area contributed by atoms with E-state index >= 15 is 0 Å². The maximum absolute atomic E-state index is 14.1. The van der Waals surface area contributed by atoms with Crippen LogP contribution in [0.15, 0.2) is 88.8 Å². The molecule has 0 radical (unpaired) electrons. The number of benzene rings is 3. The lowest BCUT2D eigenvalue weighted by molar-refractivity contribution is -0.136. The smallest absolute Gasteiger partial charge is 0.337 e. The van der Waals surface area contributed by atoms with Crippen molar-refractivity contribution in [3.63, 3.8) is 0 Å². The van der Waals surface area contributed by atoms with E-state index in [4.69, 9.17) is 35.3 Å². The Kier molecular flexibility index (Phi) is 10.8. The zero-order valence-electron chi connectivity index (χ0n) is 26.6. The summed E-state index contributed by atoms with van der Waals surface area (Å²) in [5, 5.41) is 0.649. The van der Waals surface area contributed by atoms with E-state index in [2.05, 4.69) is 11.6 Å². The lowest BCUT2D eigenvalue weighted by Gasteiger charge is -2.23. The van der Waals surface area contributed by atoms with Crippen LogP contribution >= 0.6 is 22.9 Å². The summed E-state index contributed by atoms with van der Waals surface area (Å²) in [6.07, 6.45) is 5.53. The van der Waals surface area contributed by atoms with Gasteiger partial charge in [-0.2, -0.15) is 0 Å². The molecule has 0 aliphatic carbocycles. The van der Waals surface area contributed by atoms with Crippen LogP contribution in [0, 0.1) is 0 Å². The molecule has 0 saturated heterocycles. The molecule has 47 heavy (non-hydrogen) atoms. The number of nitrogens with zero attached hydrogens (tertiary/aromatic N) is 2. The van der Waals surface area contributed by atoms with Gasteiger partial charge in [0, 0.05) is 16.8 Å². The van der Waals surface area contributed by atoms with Crippen LogP contribution in [0.2, 0.25) is 5.02 Å². The van der Waals surface area contributed by atoms with Gasteiger partial charge in [0.15, 0.2) is 27.8 Å². The number of allylic oxidation sites excluding steroid dienone is 1. The second-order valence-corrected chi connectivity index (χ2v) is 11.8. The highest BCUT2D eigenvalue weighted by Gasteiger charge is 2.31. The fraction of sp³-hybridized carbons (Fsp3) is 0.250. The number of fused-ring (bicyclic) bond motifs is 1. The summed E-state index contributed by atoms with van der Waals surface area (Å²) in [7, 11) is 2.87. The van der Waals surface area contributed by atoms with E-state index in [0.717, 1.165) is 16.7 Å². The van der Waals surface area contributed by atoms with Crippen LogP contribution in [0.25, 0.3) is 6.08 Å². The molecule has 1 aliphatic heterocycles. The Balaban J connectivity index is 1.59. The lowest BCUT2D eigenvalue weighted by atomic mass is 9.97. The predicted octanol–water partition coefficient (Wildman–Crippen LogP) is 5.79. The van der Waals surface area contributed by atoms with Gasteiger partial charge in [0.25, 0.3) is 5.56 Å². The van der Waals surface area contributed by atoms with Gasteiger partial charge >= 0.3 is 5.97 Å². The topological polar surface area (TPSA) is 97.6 Å². The number of carbonyl (C=O) groups excluding carboxylic acids is 1. The van der Waals surface area contributed by atoms with Gasteiger partial charge in [-0.3, -0.25) is 9.36 Å². The first kappa shape index (κ1) is 33.6. The largest absolute Gasteiger partial charge is 0.493 e. The molecule has 11 heteroatoms. The molecule has 0 N–H and O–H groups in total. The molecular weight excluding hydrogens is 640 g/mol. The van der Waals surface area contributed by atoms with Crippen molar-refractivity contribution in [2.45, 2.75) is 32.9 Å². The Labute approximate surface area is 281 Å². The van der Waals surface area contributed by atoms with Crippen molar-refractivity contribution < 1.29 is 28.5 Å². The number of aromatic nitrogens is 1. The van der Waals surface area contributed by atoms with Gasteiger partial charge in [0.05, 0.1) is 43.6 Å². The van der Waals surface area contributed by atoms with E-state index in [1.54, 1.807) is 31.4 Å². The second-order valence-electron chi connectivity index (χ2n) is 10.4. The van der Waals surface area contributed by atoms with E-state index in [1.807, 2.05) is 56.3 Å². The number of rotatable bonds is 13. The Morgan fingerprint density at radius 2 is 1.74 bits per heavy atom. The molecule has 1 aromatic heterocycles. The molecular formula is C36H35ClN2O7S. The fourth-order valence-corrected chi connectivity index (χ4v) is 6.36. The van der Waals surface area contributed by atoms with E-state index in [9.17, 15) is 9.59 Å². The normalized spacial score (nSPS) is 14.0. The highest BCUT2D eigenvalue weighted by molar-refractivity contribution is 7.07. The molecule has 0 fully saturated rings. The van der Waals surface area contributed by atoms with Gasteiger partial charge in [-0.15, -0.1) is 6.58 Å². The number of hydrogen-bond acceptors (Lipinski definition) is 9. The summed E-state index contributed by atoms with van der Waals surface area (Å²) in [6, 6.07) is 15.8. The van der Waals surface area contributed by atoms with Crippen molar-refractivity contribution in [3.8, 4) is 23.0 Å². The lowest BCUT2D eigenvalue weighted by Crippen LogP contribution is -2.39. The molecule has 1 atom stereocenters. The van der Waals surface area contributed by atoms with Gasteiger partial charge in [-0.05, 0) is 79.4 Å². The molecule has 3 aromatic carbocycles. The number of ether oxygens (including phenoxy) is 5. The van der Waals surface area contributed by atoms with Gasteiger partial charge < -0.3 is 23.7 Å². The standard InChI is InChI=1S/C36H35ClN2O7S/c1-6-9-25-16-23(17-30(42-4)33(25)46-21-22-10-13-26(37)14-11-22)18-31-34(40)39-32(27(35(41)43-5)20-38-36(39)47-31)24-12-15-28(44-7-2)29(19-24)45-8-3/h6,10-20,32H,1,7-9,21H2,2-5H3/b31-18-/t32-/m0/s1. The minimum absolute atomic E-state index is 0.218. The van der Waals surface area contributed by atoms with Crippen molar-refractivity contribution in [3.05, 3.63) is 126 Å². The fourth-order valence-electron chi connectivity index (χ4n) is 5.26. The number of thiazole rings is 1. The minimum atomic E-state index is -0.801. The Morgan fingerprint density at radius 1 is 1.00 bits per heavy atom. The average Bonchev–Trinajstić information content (AvgIpc) is 3.39. The highest BCUT2D eigenvalue weighted by Crippen LogP contribution is 2.36. The summed E-state index contributed by atoms with van der Waals surface area (Å²) in [5.74, 6) is 1.59. The van der Waals surface area contributed by atoms with E-state index < -0.39 is 12.0 Å². The molecule has 2 heterocycles. The van der Waals surface area contributed by atoms with E-state index in [1.165, 1.54) is 29.2 Å². The van der Waals surface area contributed by atoms with E-state index in [0.29, 0.717) is 69.2 Å². The van der Waals surface area contributed by atoms with E-state index in [-0.39, 0.29) is 11.1 Å². The first-order valence-corrected chi connectivity index (χ1v) is 16.2. The zero-order valence-corrected chi connectivity index (χ0v) is 28.2.